The maximum absolute atomic E-state index is 13.0. The van der Waals surface area contributed by atoms with Gasteiger partial charge in [0.15, 0.2) is 0 Å². The first kappa shape index (κ1) is 15.1. The monoisotopic (exact) mass is 292 g/mol. The van der Waals surface area contributed by atoms with E-state index in [2.05, 4.69) is 4.74 Å². The summed E-state index contributed by atoms with van der Waals surface area (Å²) in [6.45, 7) is -0.254. The number of hydrogen-bond donors (Lipinski definition) is 0. The van der Waals surface area contributed by atoms with Gasteiger partial charge in [0.1, 0.15) is 24.3 Å². The molecule has 0 saturated heterocycles. The smallest absolute Gasteiger partial charge is 0.331 e. The summed E-state index contributed by atoms with van der Waals surface area (Å²) < 4.78 is 36.1. The molecule has 0 aliphatic heterocycles. The largest absolute Gasteiger partial charge is 0.467 e. The van der Waals surface area contributed by atoms with Crippen LogP contribution in [0.5, 0.6) is 0 Å². The molecule has 110 valence electrons. The normalized spacial score (nSPS) is 10.7. The molecule has 0 radical (unpaired) electrons. The van der Waals surface area contributed by atoms with Crippen molar-refractivity contribution in [2.24, 2.45) is 0 Å². The fourth-order valence-electron chi connectivity index (χ4n) is 1.87. The first-order chi connectivity index (χ1) is 10.1. The Labute approximate surface area is 121 Å². The Hall–Kier alpha value is -2.27. The quantitative estimate of drug-likeness (QED) is 0.794. The molecular formula is C16H14F2O3. The van der Waals surface area contributed by atoms with Gasteiger partial charge in [-0.2, -0.15) is 0 Å². The predicted molar refractivity (Wildman–Crippen MR) is 72.6 cm³/mol. The molecule has 0 unspecified atom stereocenters. The van der Waals surface area contributed by atoms with Gasteiger partial charge in [0.05, 0.1) is 7.11 Å². The summed E-state index contributed by atoms with van der Waals surface area (Å²) in [5.74, 6) is -1.27. The van der Waals surface area contributed by atoms with Gasteiger partial charge in [0.2, 0.25) is 0 Å². The van der Waals surface area contributed by atoms with E-state index in [1.54, 1.807) is 24.3 Å². The molecule has 0 aliphatic carbocycles. The molecule has 0 amide bonds. The van der Waals surface area contributed by atoms with Crippen LogP contribution in [0.25, 0.3) is 0 Å². The number of halogens is 2. The number of carbonyl (C=O) groups is 1. The van der Waals surface area contributed by atoms with Gasteiger partial charge in [-0.25, -0.2) is 13.6 Å². The van der Waals surface area contributed by atoms with Crippen LogP contribution in [0.4, 0.5) is 8.78 Å². The number of carbonyl (C=O) groups excluding carboxylic acids is 1. The van der Waals surface area contributed by atoms with Gasteiger partial charge in [-0.3, -0.25) is 0 Å². The molecule has 0 spiro atoms. The highest BCUT2D eigenvalue weighted by atomic mass is 19.1. The van der Waals surface area contributed by atoms with Crippen LogP contribution in [0, 0.1) is 11.6 Å². The second-order valence-corrected chi connectivity index (χ2v) is 4.37. The maximum atomic E-state index is 13.0. The Kier molecular flexibility index (Phi) is 5.00. The first-order valence-electron chi connectivity index (χ1n) is 6.29. The van der Waals surface area contributed by atoms with Crippen molar-refractivity contribution in [3.05, 3.63) is 71.3 Å². The van der Waals surface area contributed by atoms with Crippen LogP contribution >= 0.6 is 0 Å². The lowest BCUT2D eigenvalue weighted by Crippen LogP contribution is -2.15. The van der Waals surface area contributed by atoms with E-state index < -0.39 is 12.1 Å². The average Bonchev–Trinajstić information content (AvgIpc) is 2.50. The van der Waals surface area contributed by atoms with Crippen LogP contribution in [-0.4, -0.2) is 19.7 Å². The third kappa shape index (κ3) is 4.10. The molecule has 5 heteroatoms. The van der Waals surface area contributed by atoms with Crippen molar-refractivity contribution in [2.75, 3.05) is 13.7 Å². The van der Waals surface area contributed by atoms with Gasteiger partial charge >= 0.3 is 5.97 Å². The number of methoxy groups -OCH3 is 1. The number of hydrogen-bond acceptors (Lipinski definition) is 3. The Morgan fingerprint density at radius 2 is 1.38 bits per heavy atom. The van der Waals surface area contributed by atoms with E-state index in [1.807, 2.05) is 0 Å². The average molecular weight is 292 g/mol. The Balaban J connectivity index is 2.27. The van der Waals surface area contributed by atoms with Crippen molar-refractivity contribution in [2.45, 2.75) is 6.10 Å². The minimum absolute atomic E-state index is 0.254. The predicted octanol–water partition coefficient (Wildman–Crippen LogP) is 3.24. The van der Waals surface area contributed by atoms with Gasteiger partial charge < -0.3 is 9.47 Å². The molecule has 0 aromatic heterocycles. The zero-order valence-corrected chi connectivity index (χ0v) is 11.4. The molecule has 0 aliphatic rings. The molecule has 0 N–H and O–H groups in total. The van der Waals surface area contributed by atoms with E-state index in [9.17, 15) is 13.6 Å². The third-order valence-corrected chi connectivity index (χ3v) is 2.94. The molecule has 0 atom stereocenters. The van der Waals surface area contributed by atoms with Crippen molar-refractivity contribution in [1.29, 1.82) is 0 Å². The minimum Gasteiger partial charge on any atom is -0.467 e. The van der Waals surface area contributed by atoms with E-state index in [4.69, 9.17) is 4.74 Å². The highest BCUT2D eigenvalue weighted by Crippen LogP contribution is 2.26. The third-order valence-electron chi connectivity index (χ3n) is 2.94. The highest BCUT2D eigenvalue weighted by Gasteiger charge is 2.17. The van der Waals surface area contributed by atoms with E-state index in [0.717, 1.165) is 0 Å². The Morgan fingerprint density at radius 1 is 0.952 bits per heavy atom. The minimum atomic E-state index is -0.606. The summed E-state index contributed by atoms with van der Waals surface area (Å²) in [6.07, 6.45) is -0.606. The molecule has 21 heavy (non-hydrogen) atoms. The SMILES string of the molecule is COC(=O)COC(c1ccc(F)cc1)c1ccc(F)cc1. The van der Waals surface area contributed by atoms with Gasteiger partial charge in [0, 0.05) is 0 Å². The number of ether oxygens (including phenoxy) is 2. The highest BCUT2D eigenvalue weighted by molar-refractivity contribution is 5.70. The lowest BCUT2D eigenvalue weighted by molar-refractivity contribution is -0.147. The van der Waals surface area contributed by atoms with E-state index >= 15 is 0 Å². The summed E-state index contributed by atoms with van der Waals surface area (Å²) in [5, 5.41) is 0. The van der Waals surface area contributed by atoms with E-state index in [1.165, 1.54) is 31.4 Å². The van der Waals surface area contributed by atoms with Gasteiger partial charge in [-0.05, 0) is 35.4 Å². The second kappa shape index (κ2) is 6.95. The number of benzene rings is 2. The van der Waals surface area contributed by atoms with Gasteiger partial charge in [-0.1, -0.05) is 24.3 Å². The lowest BCUT2D eigenvalue weighted by Gasteiger charge is -2.18. The van der Waals surface area contributed by atoms with Crippen molar-refractivity contribution in [1.82, 2.24) is 0 Å². The van der Waals surface area contributed by atoms with Crippen LogP contribution in [0.1, 0.15) is 17.2 Å². The van der Waals surface area contributed by atoms with Crippen molar-refractivity contribution < 1.29 is 23.0 Å². The summed E-state index contributed by atoms with van der Waals surface area (Å²) >= 11 is 0. The van der Waals surface area contributed by atoms with Crippen LogP contribution < -0.4 is 0 Å². The zero-order chi connectivity index (χ0) is 15.2. The summed E-state index contributed by atoms with van der Waals surface area (Å²) in [5.41, 5.74) is 1.32. The van der Waals surface area contributed by atoms with Gasteiger partial charge in [-0.15, -0.1) is 0 Å². The van der Waals surface area contributed by atoms with Crippen molar-refractivity contribution in [3.8, 4) is 0 Å². The summed E-state index contributed by atoms with van der Waals surface area (Å²) in [7, 11) is 1.26. The van der Waals surface area contributed by atoms with Crippen LogP contribution in [0.3, 0.4) is 0 Å². The van der Waals surface area contributed by atoms with Crippen LogP contribution in [-0.2, 0) is 14.3 Å². The molecule has 0 fully saturated rings. The molecule has 0 heterocycles. The molecule has 2 rings (SSSR count). The van der Waals surface area contributed by atoms with Gasteiger partial charge in [0.25, 0.3) is 0 Å². The molecule has 0 saturated carbocycles. The van der Waals surface area contributed by atoms with Crippen molar-refractivity contribution in [3.63, 3.8) is 0 Å². The molecule has 2 aromatic carbocycles. The zero-order valence-electron chi connectivity index (χ0n) is 11.4. The topological polar surface area (TPSA) is 35.5 Å². The van der Waals surface area contributed by atoms with E-state index in [-0.39, 0.29) is 18.2 Å². The second-order valence-electron chi connectivity index (χ2n) is 4.37. The molecule has 0 bridgehead atoms. The summed E-state index contributed by atoms with van der Waals surface area (Å²) in [6, 6.07) is 11.4. The number of rotatable bonds is 5. The van der Waals surface area contributed by atoms with Crippen LogP contribution in [0.2, 0.25) is 0 Å². The fraction of sp³-hybridized carbons (Fsp3) is 0.188. The summed E-state index contributed by atoms with van der Waals surface area (Å²) in [4.78, 5) is 11.2. The standard InChI is InChI=1S/C16H14F2O3/c1-20-15(19)10-21-16(11-2-6-13(17)7-3-11)12-4-8-14(18)9-5-12/h2-9,16H,10H2,1H3. The molecule has 2 aromatic rings. The Morgan fingerprint density at radius 3 is 1.76 bits per heavy atom. The lowest BCUT2D eigenvalue weighted by atomic mass is 10.0. The van der Waals surface area contributed by atoms with E-state index in [0.29, 0.717) is 11.1 Å². The fourth-order valence-corrected chi connectivity index (χ4v) is 1.87. The van der Waals surface area contributed by atoms with Crippen molar-refractivity contribution >= 4 is 5.97 Å². The number of esters is 1. The maximum Gasteiger partial charge on any atom is 0.331 e. The molecular weight excluding hydrogens is 278 g/mol. The molecule has 3 nitrogen and oxygen atoms in total. The van der Waals surface area contributed by atoms with Crippen LogP contribution in [0.15, 0.2) is 48.5 Å². The Bertz CT molecular complexity index is 548. The first-order valence-corrected chi connectivity index (χ1v) is 6.29.